The summed E-state index contributed by atoms with van der Waals surface area (Å²) in [6, 6.07) is 21.5. The first-order valence-electron chi connectivity index (χ1n) is 14.8. The van der Waals surface area contributed by atoms with Crippen LogP contribution in [0.5, 0.6) is 0 Å². The van der Waals surface area contributed by atoms with E-state index in [4.69, 9.17) is 4.74 Å². The molecule has 10 nitrogen and oxygen atoms in total. The number of hydrogen-bond acceptors (Lipinski definition) is 7. The van der Waals surface area contributed by atoms with Crippen LogP contribution in [-0.2, 0) is 20.9 Å². The van der Waals surface area contributed by atoms with Crippen molar-refractivity contribution in [1.29, 1.82) is 0 Å². The second kappa shape index (κ2) is 13.1. The zero-order valence-electron chi connectivity index (χ0n) is 25.2. The summed E-state index contributed by atoms with van der Waals surface area (Å²) in [5, 5.41) is 11.0. The normalized spacial score (nSPS) is 17.1. The SMILES string of the molecule is CCOC(=O)C1=C(C)N(Cc2cccc(C(=O)N3CCN(c4ccc([N+](=O)[O-])cc4)CC3)c2)C(=O)CC1c1cccc(C)c1. The molecule has 2 aliphatic heterocycles. The van der Waals surface area contributed by atoms with Crippen LogP contribution in [0.15, 0.2) is 84.1 Å². The molecular formula is C34H36N4O6. The van der Waals surface area contributed by atoms with Gasteiger partial charge in [0.15, 0.2) is 0 Å². The molecule has 3 aromatic carbocycles. The Morgan fingerprint density at radius 1 is 0.955 bits per heavy atom. The van der Waals surface area contributed by atoms with Crippen LogP contribution in [0.2, 0.25) is 0 Å². The number of carbonyl (C=O) groups is 3. The number of hydrogen-bond donors (Lipinski definition) is 0. The summed E-state index contributed by atoms with van der Waals surface area (Å²) in [6.07, 6.45) is 0.145. The average Bonchev–Trinajstić information content (AvgIpc) is 3.02. The third kappa shape index (κ3) is 6.49. The second-order valence-electron chi connectivity index (χ2n) is 11.1. The van der Waals surface area contributed by atoms with Gasteiger partial charge in [0.05, 0.1) is 23.6 Å². The Labute approximate surface area is 256 Å². The number of rotatable bonds is 8. The molecule has 10 heteroatoms. The van der Waals surface area contributed by atoms with Gasteiger partial charge >= 0.3 is 5.97 Å². The minimum absolute atomic E-state index is 0.0441. The Bertz CT molecular complexity index is 1610. The number of piperazine rings is 1. The fourth-order valence-electron chi connectivity index (χ4n) is 5.97. The van der Waals surface area contributed by atoms with Crippen LogP contribution in [0.3, 0.4) is 0 Å². The topological polar surface area (TPSA) is 113 Å². The van der Waals surface area contributed by atoms with Crippen LogP contribution in [0.4, 0.5) is 11.4 Å². The van der Waals surface area contributed by atoms with Gasteiger partial charge in [-0.2, -0.15) is 0 Å². The molecule has 0 saturated carbocycles. The van der Waals surface area contributed by atoms with Gasteiger partial charge in [-0.25, -0.2) is 4.79 Å². The van der Waals surface area contributed by atoms with Crippen LogP contribution >= 0.6 is 0 Å². The van der Waals surface area contributed by atoms with Gasteiger partial charge in [-0.15, -0.1) is 0 Å². The molecule has 2 heterocycles. The van der Waals surface area contributed by atoms with Gasteiger partial charge < -0.3 is 19.4 Å². The van der Waals surface area contributed by atoms with Crippen LogP contribution in [0, 0.1) is 17.0 Å². The first-order valence-corrected chi connectivity index (χ1v) is 14.8. The zero-order valence-corrected chi connectivity index (χ0v) is 25.2. The van der Waals surface area contributed by atoms with Gasteiger partial charge in [0, 0.05) is 67.6 Å². The number of esters is 1. The van der Waals surface area contributed by atoms with Crippen molar-refractivity contribution >= 4 is 29.2 Å². The minimum atomic E-state index is -0.425. The number of carbonyl (C=O) groups excluding carboxylic acids is 3. The lowest BCUT2D eigenvalue weighted by atomic mass is 9.83. The van der Waals surface area contributed by atoms with E-state index < -0.39 is 16.8 Å². The van der Waals surface area contributed by atoms with Crippen LogP contribution in [0.1, 0.15) is 53.2 Å². The highest BCUT2D eigenvalue weighted by molar-refractivity contribution is 5.96. The molecule has 0 spiro atoms. The van der Waals surface area contributed by atoms with Crippen LogP contribution in [-0.4, -0.2) is 65.3 Å². The summed E-state index contributed by atoms with van der Waals surface area (Å²) in [5.74, 6) is -1.01. The van der Waals surface area contributed by atoms with Gasteiger partial charge in [-0.3, -0.25) is 19.7 Å². The summed E-state index contributed by atoms with van der Waals surface area (Å²) in [5.41, 5.74) is 5.23. The largest absolute Gasteiger partial charge is 0.463 e. The number of nitro benzene ring substituents is 1. The van der Waals surface area contributed by atoms with Crippen molar-refractivity contribution in [1.82, 2.24) is 9.80 Å². The van der Waals surface area contributed by atoms with Crippen molar-refractivity contribution in [3.63, 3.8) is 0 Å². The highest BCUT2D eigenvalue weighted by Crippen LogP contribution is 2.38. The fourth-order valence-corrected chi connectivity index (χ4v) is 5.97. The third-order valence-corrected chi connectivity index (χ3v) is 8.27. The number of nitrogens with zero attached hydrogens (tertiary/aromatic N) is 4. The van der Waals surface area contributed by atoms with Gasteiger partial charge in [0.1, 0.15) is 0 Å². The molecule has 228 valence electrons. The molecule has 44 heavy (non-hydrogen) atoms. The molecule has 0 aromatic heterocycles. The smallest absolute Gasteiger partial charge is 0.336 e. The molecule has 1 fully saturated rings. The summed E-state index contributed by atoms with van der Waals surface area (Å²) in [6.45, 7) is 8.21. The first-order chi connectivity index (χ1) is 21.2. The lowest BCUT2D eigenvalue weighted by Crippen LogP contribution is -2.48. The number of anilines is 1. The number of amides is 2. The van der Waals surface area contributed by atoms with Crippen molar-refractivity contribution in [2.75, 3.05) is 37.7 Å². The second-order valence-corrected chi connectivity index (χ2v) is 11.1. The first kappa shape index (κ1) is 30.5. The highest BCUT2D eigenvalue weighted by atomic mass is 16.6. The van der Waals surface area contributed by atoms with Gasteiger partial charge in [0.2, 0.25) is 5.91 Å². The van der Waals surface area contributed by atoms with Gasteiger partial charge in [0.25, 0.3) is 11.6 Å². The maximum atomic E-state index is 13.5. The lowest BCUT2D eigenvalue weighted by Gasteiger charge is -2.36. The highest BCUT2D eigenvalue weighted by Gasteiger charge is 2.37. The van der Waals surface area contributed by atoms with Crippen molar-refractivity contribution in [2.45, 2.75) is 39.7 Å². The molecule has 1 unspecified atom stereocenters. The van der Waals surface area contributed by atoms with Crippen molar-refractivity contribution < 1.29 is 24.0 Å². The van der Waals surface area contributed by atoms with E-state index in [1.165, 1.54) is 12.1 Å². The summed E-state index contributed by atoms with van der Waals surface area (Å²) in [7, 11) is 0. The van der Waals surface area contributed by atoms with Crippen molar-refractivity contribution in [2.24, 2.45) is 0 Å². The van der Waals surface area contributed by atoms with Gasteiger partial charge in [-0.1, -0.05) is 42.0 Å². The molecule has 2 amide bonds. The Hall–Kier alpha value is -4.99. The summed E-state index contributed by atoms with van der Waals surface area (Å²) >= 11 is 0. The quantitative estimate of drug-likeness (QED) is 0.199. The van der Waals surface area contributed by atoms with E-state index in [9.17, 15) is 24.5 Å². The van der Waals surface area contributed by atoms with E-state index >= 15 is 0 Å². The predicted molar refractivity (Wildman–Crippen MR) is 166 cm³/mol. The van der Waals surface area contributed by atoms with Gasteiger partial charge in [-0.05, 0) is 56.2 Å². The fraction of sp³-hybridized carbons (Fsp3) is 0.324. The Kier molecular flexibility index (Phi) is 9.08. The van der Waals surface area contributed by atoms with E-state index in [0.29, 0.717) is 43.0 Å². The summed E-state index contributed by atoms with van der Waals surface area (Å²) in [4.78, 5) is 56.2. The minimum Gasteiger partial charge on any atom is -0.463 e. The maximum Gasteiger partial charge on any atom is 0.336 e. The van der Waals surface area contributed by atoms with E-state index in [-0.39, 0.29) is 37.1 Å². The Morgan fingerprint density at radius 2 is 1.66 bits per heavy atom. The van der Waals surface area contributed by atoms with E-state index in [1.54, 1.807) is 41.8 Å². The van der Waals surface area contributed by atoms with E-state index in [1.807, 2.05) is 49.4 Å². The van der Waals surface area contributed by atoms with E-state index in [2.05, 4.69) is 4.90 Å². The molecule has 2 aliphatic rings. The Morgan fingerprint density at radius 3 is 2.32 bits per heavy atom. The van der Waals surface area contributed by atoms with Crippen molar-refractivity contribution in [3.05, 3.63) is 116 Å². The molecule has 0 aliphatic carbocycles. The molecule has 5 rings (SSSR count). The monoisotopic (exact) mass is 596 g/mol. The molecule has 1 saturated heterocycles. The lowest BCUT2D eigenvalue weighted by molar-refractivity contribution is -0.384. The van der Waals surface area contributed by atoms with Crippen molar-refractivity contribution in [3.8, 4) is 0 Å². The number of allylic oxidation sites excluding steroid dienone is 1. The molecule has 0 bridgehead atoms. The molecule has 1 atom stereocenters. The predicted octanol–water partition coefficient (Wildman–Crippen LogP) is 5.22. The molecule has 0 radical (unpaired) electrons. The van der Waals surface area contributed by atoms with Crippen LogP contribution < -0.4 is 4.90 Å². The van der Waals surface area contributed by atoms with Crippen LogP contribution in [0.25, 0.3) is 0 Å². The number of benzene rings is 3. The zero-order chi connectivity index (χ0) is 31.4. The number of ether oxygens (including phenoxy) is 1. The standard InChI is InChI=1S/C34H36N4O6/c1-4-44-34(41)32-24(3)37(31(39)21-30(32)26-9-5-7-23(2)19-26)22-25-8-6-10-27(20-25)33(40)36-17-15-35(16-18-36)28-11-13-29(14-12-28)38(42)43/h5-14,19-20,30H,4,15-18,21-22H2,1-3H3. The average molecular weight is 597 g/mol. The Balaban J connectivity index is 1.31. The third-order valence-electron chi connectivity index (χ3n) is 8.27. The number of nitro groups is 1. The van der Waals surface area contributed by atoms with E-state index in [0.717, 1.165) is 22.4 Å². The number of non-ortho nitro benzene ring substituents is 1. The summed E-state index contributed by atoms with van der Waals surface area (Å²) < 4.78 is 5.42. The maximum absolute atomic E-state index is 13.5. The molecule has 0 N–H and O–H groups in total. The number of aryl methyl sites for hydroxylation is 1. The molecule has 3 aromatic rings. The molecular weight excluding hydrogens is 560 g/mol.